The van der Waals surface area contributed by atoms with Gasteiger partial charge in [-0.25, -0.2) is 0 Å². The third kappa shape index (κ3) is 3.40. The Morgan fingerprint density at radius 2 is 1.90 bits per heavy atom. The predicted octanol–water partition coefficient (Wildman–Crippen LogP) is 3.79. The quantitative estimate of drug-likeness (QED) is 0.523. The number of hydrogen-bond donors (Lipinski definition) is 1. The van der Waals surface area contributed by atoms with Gasteiger partial charge < -0.3 is 19.0 Å². The van der Waals surface area contributed by atoms with Gasteiger partial charge in [-0.3, -0.25) is 9.59 Å². The number of carbonyl (C=O) groups excluding carboxylic acids is 1. The summed E-state index contributed by atoms with van der Waals surface area (Å²) in [7, 11) is 1.47. The van der Waals surface area contributed by atoms with Crippen molar-refractivity contribution in [3.05, 3.63) is 50.9 Å². The molecule has 3 rings (SSSR count). The lowest BCUT2D eigenvalue weighted by atomic mass is 9.59. The van der Waals surface area contributed by atoms with Gasteiger partial charge in [-0.1, -0.05) is 26.5 Å². The zero-order valence-electron chi connectivity index (χ0n) is 19.8. The molecule has 0 bridgehead atoms. The maximum atomic E-state index is 12.9. The third-order valence-corrected chi connectivity index (χ3v) is 7.23. The highest BCUT2D eigenvalue weighted by Gasteiger charge is 2.67. The molecule has 1 N–H and O–H groups in total. The van der Waals surface area contributed by atoms with Crippen LogP contribution in [0.25, 0.3) is 0 Å². The first-order chi connectivity index (χ1) is 14.3. The van der Waals surface area contributed by atoms with Gasteiger partial charge in [-0.2, -0.15) is 0 Å². The van der Waals surface area contributed by atoms with Crippen LogP contribution in [-0.4, -0.2) is 35.8 Å². The molecule has 1 aromatic heterocycles. The number of methoxy groups -OCH3 is 1. The molecule has 2 aliphatic rings. The molecule has 31 heavy (non-hydrogen) atoms. The van der Waals surface area contributed by atoms with Crippen LogP contribution < -0.4 is 10.2 Å². The highest BCUT2D eigenvalue weighted by atomic mass is 16.6. The van der Waals surface area contributed by atoms with Gasteiger partial charge in [-0.05, 0) is 45.8 Å². The van der Waals surface area contributed by atoms with Gasteiger partial charge in [0.15, 0.2) is 5.43 Å². The van der Waals surface area contributed by atoms with Crippen LogP contribution >= 0.6 is 0 Å². The van der Waals surface area contributed by atoms with E-state index in [4.69, 9.17) is 13.9 Å². The van der Waals surface area contributed by atoms with Crippen molar-refractivity contribution in [3.8, 4) is 5.95 Å². The number of ketones is 1. The zero-order valence-corrected chi connectivity index (χ0v) is 19.8. The first-order valence-corrected chi connectivity index (χ1v) is 10.8. The average Bonchev–Trinajstić information content (AvgIpc) is 3.42. The van der Waals surface area contributed by atoms with Crippen LogP contribution in [0.4, 0.5) is 0 Å². The van der Waals surface area contributed by atoms with E-state index in [9.17, 15) is 14.7 Å². The largest absolute Gasteiger partial charge is 0.468 e. The number of ether oxygens (including phenoxy) is 2. The summed E-state index contributed by atoms with van der Waals surface area (Å²) in [6.07, 6.45) is 1.24. The first-order valence-electron chi connectivity index (χ1n) is 10.8. The maximum absolute atomic E-state index is 12.9. The first kappa shape index (κ1) is 23.5. The van der Waals surface area contributed by atoms with Crippen molar-refractivity contribution in [2.75, 3.05) is 7.11 Å². The summed E-state index contributed by atoms with van der Waals surface area (Å²) in [6.45, 7) is 17.1. The van der Waals surface area contributed by atoms with Crippen molar-refractivity contribution in [1.82, 2.24) is 0 Å². The molecule has 0 aromatic carbocycles. The van der Waals surface area contributed by atoms with E-state index in [1.807, 2.05) is 26.8 Å². The summed E-state index contributed by atoms with van der Waals surface area (Å²) in [5, 5.41) is 11.1. The van der Waals surface area contributed by atoms with Gasteiger partial charge >= 0.3 is 0 Å². The van der Waals surface area contributed by atoms with Crippen LogP contribution in [0.1, 0.15) is 57.9 Å². The van der Waals surface area contributed by atoms with Crippen LogP contribution in [-0.2, 0) is 14.9 Å². The molecule has 3 unspecified atom stereocenters. The number of rotatable bonds is 7. The fraction of sp³-hybridized carbons (Fsp3) is 0.600. The van der Waals surface area contributed by atoms with E-state index >= 15 is 0 Å². The molecule has 6 heteroatoms. The molecule has 2 heterocycles. The van der Waals surface area contributed by atoms with Crippen molar-refractivity contribution in [2.45, 2.75) is 78.1 Å². The summed E-state index contributed by atoms with van der Waals surface area (Å²) in [6, 6.07) is 0. The fourth-order valence-electron chi connectivity index (χ4n) is 5.58. The standard InChI is InChI=1S/C25H34O6/c1-10-17(26)13(3)18(27)14(4)20-24(7,11-12(2)21-25(20,8)31-21)22-15(5)19(28)16(6)23(29-9)30-22/h11,13,18,20-21,27H,4,10H2,1-3,5-9H3/t13?,18?,20-,21?,24-,25-/m1/s1. The Kier molecular flexibility index (Phi) is 5.87. The minimum atomic E-state index is -1.04. The van der Waals surface area contributed by atoms with E-state index in [2.05, 4.69) is 6.58 Å². The summed E-state index contributed by atoms with van der Waals surface area (Å²) >= 11 is 0. The molecular formula is C25H34O6. The Labute approximate surface area is 183 Å². The molecule has 1 aliphatic carbocycles. The molecule has 0 radical (unpaired) electrons. The highest BCUT2D eigenvalue weighted by molar-refractivity contribution is 5.81. The van der Waals surface area contributed by atoms with E-state index < -0.39 is 29.0 Å². The number of allylic oxidation sites excluding steroid dienone is 1. The van der Waals surface area contributed by atoms with Crippen molar-refractivity contribution < 1.29 is 23.8 Å². The van der Waals surface area contributed by atoms with Crippen LogP contribution in [0, 0.1) is 25.7 Å². The topological polar surface area (TPSA) is 89.3 Å². The van der Waals surface area contributed by atoms with Gasteiger partial charge in [0.05, 0.1) is 24.2 Å². The third-order valence-electron chi connectivity index (χ3n) is 7.23. The molecule has 1 fully saturated rings. The van der Waals surface area contributed by atoms with Crippen LogP contribution in [0.2, 0.25) is 0 Å². The lowest BCUT2D eigenvalue weighted by molar-refractivity contribution is -0.124. The summed E-state index contributed by atoms with van der Waals surface area (Å²) in [5.41, 5.74) is 0.835. The number of aliphatic hydroxyl groups is 1. The van der Waals surface area contributed by atoms with E-state index in [1.165, 1.54) is 7.11 Å². The fourth-order valence-corrected chi connectivity index (χ4v) is 5.58. The minimum absolute atomic E-state index is 0.0315. The van der Waals surface area contributed by atoms with Gasteiger partial charge in [-0.15, -0.1) is 0 Å². The Morgan fingerprint density at radius 1 is 1.29 bits per heavy atom. The van der Waals surface area contributed by atoms with Crippen LogP contribution in [0.15, 0.2) is 33.0 Å². The molecule has 1 aliphatic heterocycles. The maximum Gasteiger partial charge on any atom is 0.291 e. The predicted molar refractivity (Wildman–Crippen MR) is 118 cm³/mol. The van der Waals surface area contributed by atoms with Gasteiger partial charge in [0, 0.05) is 23.8 Å². The second-order valence-corrected chi connectivity index (χ2v) is 9.42. The smallest absolute Gasteiger partial charge is 0.291 e. The molecule has 0 saturated carbocycles. The Morgan fingerprint density at radius 3 is 2.45 bits per heavy atom. The molecule has 170 valence electrons. The molecule has 0 amide bonds. The van der Waals surface area contributed by atoms with Gasteiger partial charge in [0.25, 0.3) is 5.95 Å². The molecule has 1 saturated heterocycles. The average molecular weight is 431 g/mol. The van der Waals surface area contributed by atoms with Crippen molar-refractivity contribution >= 4 is 5.78 Å². The number of aliphatic hydroxyl groups excluding tert-OH is 1. The lowest BCUT2D eigenvalue weighted by Gasteiger charge is -2.43. The summed E-state index contributed by atoms with van der Waals surface area (Å²) in [5.74, 6) is -0.403. The molecule has 1 aromatic rings. The number of Topliss-reactive ketones (excluding diaryl/α,β-unsaturated/α-hetero) is 1. The van der Waals surface area contributed by atoms with Crippen LogP contribution in [0.3, 0.4) is 0 Å². The number of fused-ring (bicyclic) bond motifs is 1. The second-order valence-electron chi connectivity index (χ2n) is 9.42. The normalized spacial score (nSPS) is 31.3. The Bertz CT molecular complexity index is 1020. The summed E-state index contributed by atoms with van der Waals surface area (Å²) < 4.78 is 17.6. The number of epoxide rings is 1. The summed E-state index contributed by atoms with van der Waals surface area (Å²) in [4.78, 5) is 25.2. The van der Waals surface area contributed by atoms with E-state index in [0.29, 0.717) is 28.9 Å². The molecule has 0 spiro atoms. The van der Waals surface area contributed by atoms with Gasteiger partial charge in [0.1, 0.15) is 23.2 Å². The number of hydrogen-bond acceptors (Lipinski definition) is 6. The van der Waals surface area contributed by atoms with Crippen molar-refractivity contribution in [3.63, 3.8) is 0 Å². The lowest BCUT2D eigenvalue weighted by Crippen LogP contribution is -2.48. The Hall–Kier alpha value is -2.18. The van der Waals surface area contributed by atoms with E-state index in [0.717, 1.165) is 5.57 Å². The Balaban J connectivity index is 2.21. The number of carbonyl (C=O) groups is 1. The minimum Gasteiger partial charge on any atom is -0.468 e. The zero-order chi connectivity index (χ0) is 23.5. The van der Waals surface area contributed by atoms with Crippen molar-refractivity contribution in [2.24, 2.45) is 11.8 Å². The van der Waals surface area contributed by atoms with E-state index in [1.54, 1.807) is 27.7 Å². The highest BCUT2D eigenvalue weighted by Crippen LogP contribution is 2.61. The second kappa shape index (κ2) is 7.75. The van der Waals surface area contributed by atoms with Gasteiger partial charge in [0.2, 0.25) is 0 Å². The molecule has 6 atom stereocenters. The molecular weight excluding hydrogens is 396 g/mol. The van der Waals surface area contributed by atoms with E-state index in [-0.39, 0.29) is 23.3 Å². The molecule has 6 nitrogen and oxygen atoms in total. The monoisotopic (exact) mass is 430 g/mol. The van der Waals surface area contributed by atoms with Crippen LogP contribution in [0.5, 0.6) is 5.95 Å². The SMILES string of the molecule is C=C(C(O)C(C)C(=O)CC)[C@@H]1[C@](C)(c2oc(OC)c(C)c(=O)c2C)C=C(C)C2O[C@@]21C. The van der Waals surface area contributed by atoms with Crippen molar-refractivity contribution in [1.29, 1.82) is 0 Å².